The molecule has 2 heterocycles. The van der Waals surface area contributed by atoms with Crippen LogP contribution in [-0.2, 0) is 13.0 Å². The molecule has 5 nitrogen and oxygen atoms in total. The molecule has 1 aromatic heterocycles. The number of fused-ring (bicyclic) bond motifs is 1. The van der Waals surface area contributed by atoms with Crippen molar-refractivity contribution in [1.82, 2.24) is 14.7 Å². The molecule has 3 rings (SSSR count). The third-order valence-electron chi connectivity index (χ3n) is 3.83. The molecular weight excluding hydrogens is 334 g/mol. The van der Waals surface area contributed by atoms with Gasteiger partial charge in [-0.15, -0.1) is 0 Å². The number of carboxylic acid groups (broad SMARTS) is 1. The number of hydrogen-bond acceptors (Lipinski definition) is 2. The maximum Gasteiger partial charge on any atom is 0.407 e. The van der Waals surface area contributed by atoms with Crippen molar-refractivity contribution in [1.29, 1.82) is 0 Å². The van der Waals surface area contributed by atoms with E-state index in [1.165, 1.54) is 10.5 Å². The van der Waals surface area contributed by atoms with Gasteiger partial charge in [0.25, 0.3) is 0 Å². The number of aryl methyl sites for hydroxylation is 2. The van der Waals surface area contributed by atoms with Gasteiger partial charge in [-0.1, -0.05) is 12.1 Å². The van der Waals surface area contributed by atoms with Gasteiger partial charge in [-0.2, -0.15) is 5.10 Å². The Morgan fingerprint density at radius 1 is 1.38 bits per heavy atom. The molecule has 0 aliphatic carbocycles. The van der Waals surface area contributed by atoms with E-state index in [4.69, 9.17) is 5.11 Å². The first-order valence-electron chi connectivity index (χ1n) is 6.79. The molecule has 1 N–H and O–H groups in total. The Labute approximate surface area is 131 Å². The first-order chi connectivity index (χ1) is 9.97. The van der Waals surface area contributed by atoms with Crippen molar-refractivity contribution in [3.05, 3.63) is 45.2 Å². The summed E-state index contributed by atoms with van der Waals surface area (Å²) in [5, 5.41) is 13.8. The summed E-state index contributed by atoms with van der Waals surface area (Å²) < 4.78 is 2.72. The fourth-order valence-corrected chi connectivity index (χ4v) is 3.24. The number of carbonyl (C=O) groups is 1. The van der Waals surface area contributed by atoms with Gasteiger partial charge in [0, 0.05) is 18.5 Å². The number of amides is 1. The highest BCUT2D eigenvalue weighted by atomic mass is 79.9. The molecule has 0 bridgehead atoms. The van der Waals surface area contributed by atoms with Gasteiger partial charge in [0.1, 0.15) is 4.60 Å². The molecule has 6 heteroatoms. The fraction of sp³-hybridized carbons (Fsp3) is 0.333. The summed E-state index contributed by atoms with van der Waals surface area (Å²) in [4.78, 5) is 12.6. The topological polar surface area (TPSA) is 58.4 Å². The normalized spacial score (nSPS) is 14.1. The van der Waals surface area contributed by atoms with Crippen LogP contribution in [0.3, 0.4) is 0 Å². The van der Waals surface area contributed by atoms with Crippen LogP contribution in [0.2, 0.25) is 0 Å². The minimum atomic E-state index is -0.882. The van der Waals surface area contributed by atoms with Gasteiger partial charge in [-0.3, -0.25) is 0 Å². The summed E-state index contributed by atoms with van der Waals surface area (Å²) in [7, 11) is 0. The number of hydrogen-bond donors (Lipinski definition) is 1. The van der Waals surface area contributed by atoms with Crippen LogP contribution in [0.5, 0.6) is 0 Å². The SMILES string of the molecule is Cc1ccc(C)c(-n2nc3c(c2Br)CN(C(=O)O)CC3)c1. The number of nitrogens with zero attached hydrogens (tertiary/aromatic N) is 3. The number of halogens is 1. The van der Waals surface area contributed by atoms with E-state index in [1.54, 1.807) is 0 Å². The van der Waals surface area contributed by atoms with Crippen molar-refractivity contribution in [2.45, 2.75) is 26.8 Å². The van der Waals surface area contributed by atoms with Crippen LogP contribution in [0.1, 0.15) is 22.4 Å². The number of rotatable bonds is 1. The van der Waals surface area contributed by atoms with E-state index in [2.05, 4.69) is 39.2 Å². The second-order valence-corrected chi connectivity index (χ2v) is 6.12. The monoisotopic (exact) mass is 349 g/mol. The minimum absolute atomic E-state index is 0.385. The smallest absolute Gasteiger partial charge is 0.407 e. The van der Waals surface area contributed by atoms with Gasteiger partial charge in [-0.25, -0.2) is 9.48 Å². The fourth-order valence-electron chi connectivity index (χ4n) is 2.61. The lowest BCUT2D eigenvalue weighted by Gasteiger charge is -2.23. The van der Waals surface area contributed by atoms with Crippen LogP contribution >= 0.6 is 15.9 Å². The molecule has 0 atom stereocenters. The third kappa shape index (κ3) is 2.44. The zero-order valence-corrected chi connectivity index (χ0v) is 13.5. The van der Waals surface area contributed by atoms with Crippen molar-refractivity contribution in [2.24, 2.45) is 0 Å². The van der Waals surface area contributed by atoms with Crippen LogP contribution in [0.25, 0.3) is 5.69 Å². The van der Waals surface area contributed by atoms with Crippen LogP contribution in [-0.4, -0.2) is 32.4 Å². The summed E-state index contributed by atoms with van der Waals surface area (Å²) in [5.74, 6) is 0. The van der Waals surface area contributed by atoms with Crippen LogP contribution in [0, 0.1) is 13.8 Å². The van der Waals surface area contributed by atoms with Gasteiger partial charge in [0.2, 0.25) is 0 Å². The summed E-state index contributed by atoms with van der Waals surface area (Å²) in [6.07, 6.45) is -0.231. The summed E-state index contributed by atoms with van der Waals surface area (Å²) in [6.45, 7) is 4.98. The molecule has 0 fully saturated rings. The Morgan fingerprint density at radius 2 is 2.14 bits per heavy atom. The van der Waals surface area contributed by atoms with Gasteiger partial charge >= 0.3 is 6.09 Å². The van der Waals surface area contributed by atoms with Crippen LogP contribution < -0.4 is 0 Å². The summed E-state index contributed by atoms with van der Waals surface area (Å²) >= 11 is 3.59. The molecule has 1 amide bonds. The maximum absolute atomic E-state index is 11.1. The third-order valence-corrected chi connectivity index (χ3v) is 4.65. The van der Waals surface area contributed by atoms with E-state index in [0.29, 0.717) is 19.5 Å². The Balaban J connectivity index is 2.07. The Bertz CT molecular complexity index is 724. The van der Waals surface area contributed by atoms with Crippen molar-refractivity contribution in [3.8, 4) is 5.69 Å². The molecule has 0 saturated carbocycles. The Hall–Kier alpha value is -1.82. The largest absolute Gasteiger partial charge is 0.465 e. The number of benzene rings is 1. The van der Waals surface area contributed by atoms with Crippen molar-refractivity contribution < 1.29 is 9.90 Å². The molecule has 2 aromatic rings. The Kier molecular flexibility index (Phi) is 3.49. The highest BCUT2D eigenvalue weighted by molar-refractivity contribution is 9.10. The highest BCUT2D eigenvalue weighted by Gasteiger charge is 2.26. The van der Waals surface area contributed by atoms with E-state index >= 15 is 0 Å². The molecule has 1 aliphatic heterocycles. The standard InChI is InChI=1S/C15H16BrN3O2/c1-9-3-4-10(2)13(7-9)19-14(16)11-8-18(15(20)21)6-5-12(11)17-19/h3-4,7H,5-6,8H2,1-2H3,(H,20,21). The zero-order valence-electron chi connectivity index (χ0n) is 11.9. The lowest BCUT2D eigenvalue weighted by Crippen LogP contribution is -2.34. The summed E-state index contributed by atoms with van der Waals surface area (Å²) in [6, 6.07) is 6.23. The molecule has 21 heavy (non-hydrogen) atoms. The van der Waals surface area contributed by atoms with E-state index in [-0.39, 0.29) is 0 Å². The molecule has 0 unspecified atom stereocenters. The molecule has 1 aliphatic rings. The molecule has 0 saturated heterocycles. The molecule has 110 valence electrons. The first kappa shape index (κ1) is 14.1. The van der Waals surface area contributed by atoms with Crippen molar-refractivity contribution in [3.63, 3.8) is 0 Å². The minimum Gasteiger partial charge on any atom is -0.465 e. The predicted octanol–water partition coefficient (Wildman–Crippen LogP) is 3.29. The highest BCUT2D eigenvalue weighted by Crippen LogP contribution is 2.30. The molecular formula is C15H16BrN3O2. The summed E-state index contributed by atoms with van der Waals surface area (Å²) in [5.41, 5.74) is 5.27. The predicted molar refractivity (Wildman–Crippen MR) is 82.9 cm³/mol. The van der Waals surface area contributed by atoms with E-state index < -0.39 is 6.09 Å². The first-order valence-corrected chi connectivity index (χ1v) is 7.58. The van der Waals surface area contributed by atoms with Crippen LogP contribution in [0.15, 0.2) is 22.8 Å². The second-order valence-electron chi connectivity index (χ2n) is 5.37. The van der Waals surface area contributed by atoms with E-state index in [9.17, 15) is 4.79 Å². The second kappa shape index (κ2) is 5.18. The average Bonchev–Trinajstić information content (AvgIpc) is 2.78. The molecule has 0 spiro atoms. The lowest BCUT2D eigenvalue weighted by molar-refractivity contribution is 0.139. The number of aromatic nitrogens is 2. The van der Waals surface area contributed by atoms with Gasteiger partial charge < -0.3 is 10.0 Å². The van der Waals surface area contributed by atoms with Gasteiger partial charge in [0.15, 0.2) is 0 Å². The molecule has 1 aromatic carbocycles. The lowest BCUT2D eigenvalue weighted by atomic mass is 10.1. The zero-order chi connectivity index (χ0) is 15.1. The van der Waals surface area contributed by atoms with E-state index in [1.807, 2.05) is 18.5 Å². The maximum atomic E-state index is 11.1. The van der Waals surface area contributed by atoms with Gasteiger partial charge in [0.05, 0.1) is 17.9 Å². The van der Waals surface area contributed by atoms with Gasteiger partial charge in [-0.05, 0) is 47.0 Å². The van der Waals surface area contributed by atoms with Crippen LogP contribution in [0.4, 0.5) is 4.79 Å². The van der Waals surface area contributed by atoms with E-state index in [0.717, 1.165) is 27.1 Å². The quantitative estimate of drug-likeness (QED) is 0.859. The Morgan fingerprint density at radius 3 is 2.86 bits per heavy atom. The molecule has 0 radical (unpaired) electrons. The average molecular weight is 350 g/mol. The van der Waals surface area contributed by atoms with Crippen molar-refractivity contribution in [2.75, 3.05) is 6.54 Å². The van der Waals surface area contributed by atoms with Crippen molar-refractivity contribution >= 4 is 22.0 Å².